The summed E-state index contributed by atoms with van der Waals surface area (Å²) in [5.74, 6) is 0.350. The normalized spacial score (nSPS) is 24.8. The first-order valence-corrected chi connectivity index (χ1v) is 9.43. The minimum absolute atomic E-state index is 0.128. The average Bonchev–Trinajstić information content (AvgIpc) is 3.31. The maximum absolute atomic E-state index is 12.4. The van der Waals surface area contributed by atoms with E-state index in [1.54, 1.807) is 0 Å². The van der Waals surface area contributed by atoms with Crippen LogP contribution >= 0.6 is 0 Å². The Bertz CT molecular complexity index is 664. The third-order valence-electron chi connectivity index (χ3n) is 5.78. The number of aromatic nitrogens is 2. The van der Waals surface area contributed by atoms with Crippen molar-refractivity contribution < 1.29 is 9.59 Å². The van der Waals surface area contributed by atoms with E-state index in [-0.39, 0.29) is 17.7 Å². The molecule has 1 N–H and O–H groups in total. The van der Waals surface area contributed by atoms with Gasteiger partial charge in [0.05, 0.1) is 12.2 Å². The molecule has 1 aromatic heterocycles. The third-order valence-corrected chi connectivity index (χ3v) is 5.78. The lowest BCUT2D eigenvalue weighted by molar-refractivity contribution is -0.129. The topological polar surface area (TPSA) is 70.5 Å². The highest BCUT2D eigenvalue weighted by molar-refractivity contribution is 5.92. The van der Waals surface area contributed by atoms with Gasteiger partial charge in [0.15, 0.2) is 0 Å². The number of fused-ring (bicyclic) bond motifs is 1. The van der Waals surface area contributed by atoms with Gasteiger partial charge in [0, 0.05) is 44.6 Å². The number of hydrogen-bond donors (Lipinski definition) is 1. The van der Waals surface area contributed by atoms with Gasteiger partial charge in [-0.2, -0.15) is 5.10 Å². The minimum Gasteiger partial charge on any atom is -0.350 e. The van der Waals surface area contributed by atoms with E-state index in [9.17, 15) is 9.59 Å². The van der Waals surface area contributed by atoms with E-state index in [1.165, 1.54) is 12.8 Å². The Kier molecular flexibility index (Phi) is 4.50. The zero-order chi connectivity index (χ0) is 17.4. The van der Waals surface area contributed by atoms with E-state index in [0.29, 0.717) is 24.7 Å². The van der Waals surface area contributed by atoms with Crippen molar-refractivity contribution >= 4 is 11.8 Å². The molecule has 1 aliphatic carbocycles. The van der Waals surface area contributed by atoms with E-state index < -0.39 is 0 Å². The zero-order valence-electron chi connectivity index (χ0n) is 14.9. The molecule has 1 saturated carbocycles. The second-order valence-electron chi connectivity index (χ2n) is 7.75. The molecule has 25 heavy (non-hydrogen) atoms. The van der Waals surface area contributed by atoms with E-state index in [0.717, 1.165) is 44.7 Å². The molecule has 2 fully saturated rings. The van der Waals surface area contributed by atoms with Crippen molar-refractivity contribution in [2.24, 2.45) is 5.92 Å². The maximum atomic E-state index is 12.4. The smallest absolute Gasteiger partial charge is 0.271 e. The van der Waals surface area contributed by atoms with Crippen molar-refractivity contribution in [3.63, 3.8) is 0 Å². The van der Waals surface area contributed by atoms with Gasteiger partial charge in [-0.15, -0.1) is 0 Å². The zero-order valence-corrected chi connectivity index (χ0v) is 14.9. The summed E-state index contributed by atoms with van der Waals surface area (Å²) in [7, 11) is 2.07. The van der Waals surface area contributed by atoms with Gasteiger partial charge in [0.1, 0.15) is 5.69 Å². The molecule has 1 unspecified atom stereocenters. The molecule has 7 heteroatoms. The number of nitrogens with one attached hydrogen (secondary N) is 1. The molecule has 7 nitrogen and oxygen atoms in total. The molecule has 4 rings (SSSR count). The number of nitrogens with zero attached hydrogens (tertiary/aromatic N) is 4. The maximum Gasteiger partial charge on any atom is 0.271 e. The average molecular weight is 345 g/mol. The van der Waals surface area contributed by atoms with Crippen LogP contribution in [0.25, 0.3) is 0 Å². The number of carbonyl (C=O) groups is 2. The summed E-state index contributed by atoms with van der Waals surface area (Å²) >= 11 is 0. The standard InChI is InChI=1S/C18H27N5O2/c1-21-6-7-23-15(12-21)9-16(20-23)18(25)19-10-13-8-17(24)22(11-13)14-4-2-3-5-14/h9,13-14H,2-8,10-12H2,1H3,(H,19,25). The second-order valence-corrected chi connectivity index (χ2v) is 7.75. The first-order valence-electron chi connectivity index (χ1n) is 9.43. The van der Waals surface area contributed by atoms with Crippen LogP contribution in [0.5, 0.6) is 0 Å². The Hall–Kier alpha value is -1.89. The largest absolute Gasteiger partial charge is 0.350 e. The van der Waals surface area contributed by atoms with Crippen molar-refractivity contribution in [2.45, 2.75) is 51.2 Å². The Morgan fingerprint density at radius 3 is 2.92 bits per heavy atom. The summed E-state index contributed by atoms with van der Waals surface area (Å²) in [5.41, 5.74) is 1.57. The minimum atomic E-state index is -0.128. The van der Waals surface area contributed by atoms with Crippen LogP contribution in [0.3, 0.4) is 0 Å². The summed E-state index contributed by atoms with van der Waals surface area (Å²) in [6.07, 6.45) is 5.30. The molecule has 3 aliphatic rings. The Morgan fingerprint density at radius 1 is 1.32 bits per heavy atom. The molecule has 3 heterocycles. The summed E-state index contributed by atoms with van der Waals surface area (Å²) in [6.45, 7) is 3.95. The van der Waals surface area contributed by atoms with Gasteiger partial charge in [-0.05, 0) is 26.0 Å². The van der Waals surface area contributed by atoms with E-state index in [1.807, 2.05) is 10.7 Å². The number of hydrogen-bond acceptors (Lipinski definition) is 4. The fourth-order valence-corrected chi connectivity index (χ4v) is 4.35. The van der Waals surface area contributed by atoms with Crippen molar-refractivity contribution in [1.82, 2.24) is 24.9 Å². The Labute approximate surface area is 148 Å². The van der Waals surface area contributed by atoms with Crippen LogP contribution in [-0.2, 0) is 17.9 Å². The van der Waals surface area contributed by atoms with Crippen LogP contribution in [0.15, 0.2) is 6.07 Å². The van der Waals surface area contributed by atoms with Crippen molar-refractivity contribution in [3.8, 4) is 0 Å². The van der Waals surface area contributed by atoms with Crippen LogP contribution in [-0.4, -0.2) is 64.1 Å². The van der Waals surface area contributed by atoms with Gasteiger partial charge in [-0.25, -0.2) is 0 Å². The van der Waals surface area contributed by atoms with Gasteiger partial charge < -0.3 is 10.2 Å². The second kappa shape index (κ2) is 6.78. The lowest BCUT2D eigenvalue weighted by atomic mass is 10.1. The molecule has 0 spiro atoms. The Balaban J connectivity index is 1.31. The van der Waals surface area contributed by atoms with Crippen molar-refractivity contribution in [2.75, 3.05) is 26.7 Å². The highest BCUT2D eigenvalue weighted by Gasteiger charge is 2.35. The SMILES string of the molecule is CN1CCn2nc(C(=O)NCC3CC(=O)N(C4CCCC4)C3)cc2C1. The number of likely N-dealkylation sites (tertiary alicyclic amines) is 1. The molecule has 1 atom stereocenters. The van der Waals surface area contributed by atoms with Gasteiger partial charge >= 0.3 is 0 Å². The predicted molar refractivity (Wildman–Crippen MR) is 93.0 cm³/mol. The van der Waals surface area contributed by atoms with E-state index in [2.05, 4.69) is 27.3 Å². The van der Waals surface area contributed by atoms with Crippen molar-refractivity contribution in [3.05, 3.63) is 17.5 Å². The quantitative estimate of drug-likeness (QED) is 0.878. The van der Waals surface area contributed by atoms with E-state index >= 15 is 0 Å². The lowest BCUT2D eigenvalue weighted by Gasteiger charge is -2.24. The van der Waals surface area contributed by atoms with Gasteiger partial charge in [-0.3, -0.25) is 19.2 Å². The number of rotatable bonds is 4. The van der Waals surface area contributed by atoms with E-state index in [4.69, 9.17) is 0 Å². The molecular formula is C18H27N5O2. The number of carbonyl (C=O) groups excluding carboxylic acids is 2. The molecule has 1 aromatic rings. The monoisotopic (exact) mass is 345 g/mol. The van der Waals surface area contributed by atoms with Gasteiger partial charge in [-0.1, -0.05) is 12.8 Å². The Morgan fingerprint density at radius 2 is 2.12 bits per heavy atom. The first kappa shape index (κ1) is 16.6. The van der Waals surface area contributed by atoms with Crippen LogP contribution in [0, 0.1) is 5.92 Å². The molecule has 136 valence electrons. The molecule has 0 bridgehead atoms. The predicted octanol–water partition coefficient (Wildman–Crippen LogP) is 0.849. The molecule has 0 radical (unpaired) electrons. The highest BCUT2D eigenvalue weighted by atomic mass is 16.2. The third kappa shape index (κ3) is 3.42. The van der Waals surface area contributed by atoms with Crippen molar-refractivity contribution in [1.29, 1.82) is 0 Å². The lowest BCUT2D eigenvalue weighted by Crippen LogP contribution is -2.36. The first-order chi connectivity index (χ1) is 12.1. The van der Waals surface area contributed by atoms with Gasteiger partial charge in [0.2, 0.25) is 5.91 Å². The fourth-order valence-electron chi connectivity index (χ4n) is 4.35. The number of likely N-dealkylation sites (N-methyl/N-ethyl adjacent to an activating group) is 1. The molecule has 2 aliphatic heterocycles. The molecule has 0 aromatic carbocycles. The van der Waals surface area contributed by atoms with Crippen LogP contribution in [0.2, 0.25) is 0 Å². The highest BCUT2D eigenvalue weighted by Crippen LogP contribution is 2.29. The summed E-state index contributed by atoms with van der Waals surface area (Å²) in [4.78, 5) is 28.9. The summed E-state index contributed by atoms with van der Waals surface area (Å²) in [5, 5.41) is 7.41. The summed E-state index contributed by atoms with van der Waals surface area (Å²) in [6, 6.07) is 2.32. The number of amides is 2. The van der Waals surface area contributed by atoms with Gasteiger partial charge in [0.25, 0.3) is 5.91 Å². The fraction of sp³-hybridized carbons (Fsp3) is 0.722. The molecule has 1 saturated heterocycles. The van der Waals surface area contributed by atoms with Crippen LogP contribution in [0.4, 0.5) is 0 Å². The van der Waals surface area contributed by atoms with Crippen LogP contribution < -0.4 is 5.32 Å². The summed E-state index contributed by atoms with van der Waals surface area (Å²) < 4.78 is 1.93. The van der Waals surface area contributed by atoms with Crippen LogP contribution in [0.1, 0.15) is 48.3 Å². The molecule has 2 amide bonds. The molecular weight excluding hydrogens is 318 g/mol.